The summed E-state index contributed by atoms with van der Waals surface area (Å²) in [6, 6.07) is 0.294. The second-order valence-electron chi connectivity index (χ2n) is 5.96. The van der Waals surface area contributed by atoms with Gasteiger partial charge in [-0.1, -0.05) is 20.8 Å². The average molecular weight is 297 g/mol. The minimum Gasteiger partial charge on any atom is -0.355 e. The van der Waals surface area contributed by atoms with Crippen LogP contribution in [0.4, 0.5) is 0 Å². The zero-order valence-electron chi connectivity index (χ0n) is 14.1. The maximum atomic E-state index is 12.0. The van der Waals surface area contributed by atoms with Crippen molar-refractivity contribution in [2.75, 3.05) is 46.8 Å². The quantitative estimate of drug-likeness (QED) is 0.549. The highest BCUT2D eigenvalue weighted by atomic mass is 16.2. The first-order valence-corrected chi connectivity index (χ1v) is 7.92. The number of nitrogens with zero attached hydrogens (tertiary/aromatic N) is 3. The Morgan fingerprint density at radius 2 is 2.19 bits per heavy atom. The number of amides is 1. The van der Waals surface area contributed by atoms with Gasteiger partial charge in [0, 0.05) is 45.2 Å². The Hall–Kier alpha value is -1.30. The van der Waals surface area contributed by atoms with E-state index in [1.54, 1.807) is 7.05 Å². The van der Waals surface area contributed by atoms with E-state index >= 15 is 0 Å². The van der Waals surface area contributed by atoms with Gasteiger partial charge in [0.1, 0.15) is 0 Å². The zero-order valence-corrected chi connectivity index (χ0v) is 14.1. The van der Waals surface area contributed by atoms with Gasteiger partial charge in [-0.25, -0.2) is 0 Å². The third kappa shape index (κ3) is 5.91. The van der Waals surface area contributed by atoms with Crippen LogP contribution in [0, 0.1) is 5.92 Å². The number of carbonyl (C=O) groups excluding carboxylic acids is 1. The molecule has 122 valence electrons. The lowest BCUT2D eigenvalue weighted by atomic mass is 10.2. The second-order valence-corrected chi connectivity index (χ2v) is 5.96. The molecule has 0 bridgehead atoms. The molecular weight excluding hydrogens is 266 g/mol. The van der Waals surface area contributed by atoms with Gasteiger partial charge in [-0.15, -0.1) is 0 Å². The van der Waals surface area contributed by atoms with E-state index < -0.39 is 0 Å². The van der Waals surface area contributed by atoms with Gasteiger partial charge in [0.25, 0.3) is 0 Å². The Balaban J connectivity index is 2.33. The minimum absolute atomic E-state index is 0.0748. The van der Waals surface area contributed by atoms with Crippen LogP contribution in [0.1, 0.15) is 27.2 Å². The van der Waals surface area contributed by atoms with Gasteiger partial charge >= 0.3 is 0 Å². The fraction of sp³-hybridized carbons (Fsp3) is 0.867. The predicted molar refractivity (Wildman–Crippen MR) is 87.5 cm³/mol. The molecule has 0 aromatic carbocycles. The van der Waals surface area contributed by atoms with E-state index in [1.165, 1.54) is 0 Å². The van der Waals surface area contributed by atoms with Gasteiger partial charge in [0.2, 0.25) is 5.91 Å². The summed E-state index contributed by atoms with van der Waals surface area (Å²) >= 11 is 0. The number of nitrogens with one attached hydrogen (secondary N) is 2. The van der Waals surface area contributed by atoms with E-state index in [1.807, 2.05) is 18.7 Å². The molecule has 1 rings (SSSR count). The lowest BCUT2D eigenvalue weighted by Gasteiger charge is -2.21. The SMILES string of the molecule is CCN(C)CCNC(=NC)NC1CCN(C(=O)C(C)C)C1. The second kappa shape index (κ2) is 8.87. The highest BCUT2D eigenvalue weighted by Crippen LogP contribution is 2.12. The molecule has 1 saturated heterocycles. The highest BCUT2D eigenvalue weighted by Gasteiger charge is 2.27. The van der Waals surface area contributed by atoms with Gasteiger partial charge in [0.05, 0.1) is 0 Å². The molecule has 1 atom stereocenters. The van der Waals surface area contributed by atoms with Crippen molar-refractivity contribution in [1.82, 2.24) is 20.4 Å². The monoisotopic (exact) mass is 297 g/mol. The van der Waals surface area contributed by atoms with Crippen molar-refractivity contribution in [2.24, 2.45) is 10.9 Å². The van der Waals surface area contributed by atoms with Gasteiger partial charge in [-0.3, -0.25) is 9.79 Å². The molecule has 1 heterocycles. The number of hydrogen-bond acceptors (Lipinski definition) is 3. The van der Waals surface area contributed by atoms with Crippen LogP contribution in [0.3, 0.4) is 0 Å². The number of rotatable bonds is 6. The molecule has 6 nitrogen and oxygen atoms in total. The molecule has 0 spiro atoms. The molecule has 2 N–H and O–H groups in total. The molecule has 1 amide bonds. The summed E-state index contributed by atoms with van der Waals surface area (Å²) in [4.78, 5) is 20.4. The molecule has 1 aliphatic rings. The fourth-order valence-electron chi connectivity index (χ4n) is 2.35. The summed E-state index contributed by atoms with van der Waals surface area (Å²) in [5.74, 6) is 1.14. The number of likely N-dealkylation sites (tertiary alicyclic amines) is 1. The fourth-order valence-corrected chi connectivity index (χ4v) is 2.35. The van der Waals surface area contributed by atoms with E-state index in [4.69, 9.17) is 0 Å². The normalized spacial score (nSPS) is 19.5. The smallest absolute Gasteiger partial charge is 0.225 e. The van der Waals surface area contributed by atoms with Crippen LogP contribution in [0.15, 0.2) is 4.99 Å². The van der Waals surface area contributed by atoms with Crippen LogP contribution in [0.25, 0.3) is 0 Å². The van der Waals surface area contributed by atoms with Gasteiger partial charge in [-0.2, -0.15) is 0 Å². The Labute approximate surface area is 129 Å². The van der Waals surface area contributed by atoms with Crippen molar-refractivity contribution in [1.29, 1.82) is 0 Å². The summed E-state index contributed by atoms with van der Waals surface area (Å²) in [5.41, 5.74) is 0. The Morgan fingerprint density at radius 1 is 1.48 bits per heavy atom. The Morgan fingerprint density at radius 3 is 2.76 bits per heavy atom. The molecular formula is C15H31N5O. The molecule has 1 fully saturated rings. The Bertz CT molecular complexity index is 356. The van der Waals surface area contributed by atoms with Crippen LogP contribution in [-0.2, 0) is 4.79 Å². The Kier molecular flexibility index (Phi) is 7.50. The van der Waals surface area contributed by atoms with Gasteiger partial charge in [0.15, 0.2) is 5.96 Å². The largest absolute Gasteiger partial charge is 0.355 e. The summed E-state index contributed by atoms with van der Waals surface area (Å²) in [6.07, 6.45) is 0.980. The van der Waals surface area contributed by atoms with E-state index in [2.05, 4.69) is 34.5 Å². The van der Waals surface area contributed by atoms with Crippen molar-refractivity contribution in [3.63, 3.8) is 0 Å². The maximum Gasteiger partial charge on any atom is 0.225 e. The molecule has 0 radical (unpaired) electrons. The first-order valence-electron chi connectivity index (χ1n) is 7.92. The third-order valence-electron chi connectivity index (χ3n) is 3.88. The topological polar surface area (TPSA) is 60.0 Å². The number of aliphatic imine (C=N–C) groups is 1. The summed E-state index contributed by atoms with van der Waals surface area (Å²) in [7, 11) is 3.88. The molecule has 1 unspecified atom stereocenters. The summed E-state index contributed by atoms with van der Waals surface area (Å²) < 4.78 is 0. The minimum atomic E-state index is 0.0748. The average Bonchev–Trinajstić information content (AvgIpc) is 2.93. The van der Waals surface area contributed by atoms with E-state index in [0.717, 1.165) is 45.1 Å². The molecule has 21 heavy (non-hydrogen) atoms. The number of likely N-dealkylation sites (N-methyl/N-ethyl adjacent to an activating group) is 1. The van der Waals surface area contributed by atoms with Crippen molar-refractivity contribution < 1.29 is 4.79 Å². The molecule has 0 aromatic heterocycles. The number of guanidine groups is 1. The van der Waals surface area contributed by atoms with Crippen molar-refractivity contribution in [2.45, 2.75) is 33.2 Å². The van der Waals surface area contributed by atoms with Crippen molar-refractivity contribution in [3.05, 3.63) is 0 Å². The van der Waals surface area contributed by atoms with Gasteiger partial charge < -0.3 is 20.4 Å². The summed E-state index contributed by atoms with van der Waals surface area (Å²) in [5, 5.41) is 6.73. The van der Waals surface area contributed by atoms with Crippen LogP contribution in [0.2, 0.25) is 0 Å². The first-order chi connectivity index (χ1) is 9.97. The summed E-state index contributed by atoms with van der Waals surface area (Å²) in [6.45, 7) is 10.6. The molecule has 1 aliphatic heterocycles. The number of carbonyl (C=O) groups is 1. The predicted octanol–water partition coefficient (Wildman–Crippen LogP) is 0.360. The van der Waals surface area contributed by atoms with Crippen LogP contribution < -0.4 is 10.6 Å². The standard InChI is InChI=1S/C15H31N5O/c1-6-19(5)10-8-17-15(16-4)18-13-7-9-20(11-13)14(21)12(2)3/h12-13H,6-11H2,1-5H3,(H2,16,17,18). The molecule has 6 heteroatoms. The zero-order chi connectivity index (χ0) is 15.8. The molecule has 0 aliphatic carbocycles. The van der Waals surface area contributed by atoms with Crippen LogP contribution in [-0.4, -0.2) is 74.5 Å². The lowest BCUT2D eigenvalue weighted by molar-refractivity contribution is -0.133. The van der Waals surface area contributed by atoms with Crippen LogP contribution in [0.5, 0.6) is 0 Å². The lowest BCUT2D eigenvalue weighted by Crippen LogP contribution is -2.46. The van der Waals surface area contributed by atoms with E-state index in [0.29, 0.717) is 6.04 Å². The highest BCUT2D eigenvalue weighted by molar-refractivity contribution is 5.81. The van der Waals surface area contributed by atoms with E-state index in [9.17, 15) is 4.79 Å². The maximum absolute atomic E-state index is 12.0. The molecule has 0 saturated carbocycles. The van der Waals surface area contributed by atoms with Crippen molar-refractivity contribution >= 4 is 11.9 Å². The first kappa shape index (κ1) is 17.8. The van der Waals surface area contributed by atoms with Crippen molar-refractivity contribution in [3.8, 4) is 0 Å². The van der Waals surface area contributed by atoms with E-state index in [-0.39, 0.29) is 11.8 Å². The molecule has 0 aromatic rings. The number of hydrogen-bond donors (Lipinski definition) is 2. The third-order valence-corrected chi connectivity index (χ3v) is 3.88. The van der Waals surface area contributed by atoms with Gasteiger partial charge in [-0.05, 0) is 20.0 Å². The van der Waals surface area contributed by atoms with Crippen LogP contribution >= 0.6 is 0 Å².